The van der Waals surface area contributed by atoms with Crippen LogP contribution in [0, 0.1) is 0 Å². The molecule has 2 atom stereocenters. The molecule has 0 aromatic heterocycles. The fraction of sp³-hybridized carbons (Fsp3) is 1.00. The molecule has 0 radical (unpaired) electrons. The normalized spacial score (nSPS) is 22.7. The number of unbranched alkanes of at least 4 members (excludes halogenated alkanes) is 7. The van der Waals surface area contributed by atoms with Crippen LogP contribution < -0.4 is 0 Å². The van der Waals surface area contributed by atoms with E-state index in [-0.39, 0.29) is 12.9 Å². The van der Waals surface area contributed by atoms with E-state index in [1.807, 2.05) is 0 Å². The Labute approximate surface area is 164 Å². The van der Waals surface area contributed by atoms with E-state index in [1.165, 1.54) is 38.5 Å². The third-order valence-corrected chi connectivity index (χ3v) is 5.34. The van der Waals surface area contributed by atoms with Gasteiger partial charge in [0.05, 0.1) is 0 Å². The van der Waals surface area contributed by atoms with E-state index in [9.17, 15) is 4.57 Å². The van der Waals surface area contributed by atoms with Gasteiger partial charge in [-0.05, 0) is 32.1 Å². The van der Waals surface area contributed by atoms with Crippen molar-refractivity contribution in [2.45, 2.75) is 97.1 Å². The molecule has 1 aliphatic heterocycles. The minimum Gasteiger partial charge on any atom is -0.353 e. The van der Waals surface area contributed by atoms with Gasteiger partial charge in [0.2, 0.25) is 0 Å². The summed E-state index contributed by atoms with van der Waals surface area (Å²) in [5.41, 5.74) is 0. The summed E-state index contributed by atoms with van der Waals surface area (Å²) in [5.74, 6) is 0. The van der Waals surface area contributed by atoms with Gasteiger partial charge in [-0.3, -0.25) is 9.05 Å². The van der Waals surface area contributed by atoms with Gasteiger partial charge in [0.15, 0.2) is 12.6 Å². The molecule has 0 amide bonds. The summed E-state index contributed by atoms with van der Waals surface area (Å²) >= 11 is 0. The number of hydrogen-bond acceptors (Lipinski definition) is 6. The lowest BCUT2D eigenvalue weighted by molar-refractivity contribution is -0.148. The highest BCUT2D eigenvalue weighted by Crippen LogP contribution is 2.49. The maximum Gasteiger partial charge on any atom is 0.474 e. The molecule has 0 spiro atoms. The molecular formula is C19H39O7P. The van der Waals surface area contributed by atoms with Crippen LogP contribution in [0.4, 0.5) is 0 Å². The SMILES string of the molecule is CCCCCCOC(CCCCOC1COP(=O)(O)O1)OCCCCCC. The number of phosphoric ester groups is 1. The van der Waals surface area contributed by atoms with Crippen LogP contribution in [0.2, 0.25) is 0 Å². The zero-order valence-electron chi connectivity index (χ0n) is 17.1. The summed E-state index contributed by atoms with van der Waals surface area (Å²) in [6, 6.07) is 0. The molecule has 0 aromatic rings. The zero-order chi connectivity index (χ0) is 19.8. The van der Waals surface area contributed by atoms with Crippen molar-refractivity contribution in [3.8, 4) is 0 Å². The minimum absolute atomic E-state index is 0.00184. The lowest BCUT2D eigenvalue weighted by atomic mass is 10.2. The fourth-order valence-electron chi connectivity index (χ4n) is 2.77. The van der Waals surface area contributed by atoms with Gasteiger partial charge in [-0.25, -0.2) is 4.57 Å². The third-order valence-electron chi connectivity index (χ3n) is 4.37. The molecule has 8 heteroatoms. The summed E-state index contributed by atoms with van der Waals surface area (Å²) in [4.78, 5) is 9.11. The van der Waals surface area contributed by atoms with E-state index >= 15 is 0 Å². The Kier molecular flexibility index (Phi) is 14.7. The van der Waals surface area contributed by atoms with Crippen molar-refractivity contribution in [1.82, 2.24) is 0 Å². The van der Waals surface area contributed by atoms with E-state index in [2.05, 4.69) is 18.4 Å². The first kappa shape index (κ1) is 25.0. The predicted molar refractivity (Wildman–Crippen MR) is 104 cm³/mol. The molecule has 27 heavy (non-hydrogen) atoms. The predicted octanol–water partition coefficient (Wildman–Crippen LogP) is 5.17. The van der Waals surface area contributed by atoms with Crippen LogP contribution in [0.15, 0.2) is 0 Å². The molecule has 0 aliphatic carbocycles. The Balaban J connectivity index is 2.13. The standard InChI is InChI=1S/C19H39O7P/c1-3-5-7-10-14-22-18(23-15-11-8-6-4-2)13-9-12-16-24-19-17-25-27(20,21)26-19/h18-19H,3-17H2,1-2H3,(H,20,21). The molecule has 0 saturated carbocycles. The maximum absolute atomic E-state index is 11.1. The van der Waals surface area contributed by atoms with Gasteiger partial charge in [0.1, 0.15) is 6.61 Å². The largest absolute Gasteiger partial charge is 0.474 e. The second-order valence-electron chi connectivity index (χ2n) is 6.96. The van der Waals surface area contributed by atoms with Crippen LogP contribution in [0.25, 0.3) is 0 Å². The Hall–Kier alpha value is -0.0100. The van der Waals surface area contributed by atoms with Gasteiger partial charge in [-0.15, -0.1) is 0 Å². The van der Waals surface area contributed by atoms with Crippen LogP contribution in [-0.2, 0) is 27.8 Å². The highest BCUT2D eigenvalue weighted by molar-refractivity contribution is 7.47. The second-order valence-corrected chi connectivity index (χ2v) is 8.36. The Morgan fingerprint density at radius 2 is 1.52 bits per heavy atom. The van der Waals surface area contributed by atoms with Crippen molar-refractivity contribution in [1.29, 1.82) is 0 Å². The second kappa shape index (κ2) is 15.9. The summed E-state index contributed by atoms with van der Waals surface area (Å²) in [6.45, 7) is 6.34. The molecule has 2 unspecified atom stereocenters. The van der Waals surface area contributed by atoms with E-state index < -0.39 is 14.1 Å². The van der Waals surface area contributed by atoms with Crippen molar-refractivity contribution < 1.29 is 32.7 Å². The van der Waals surface area contributed by atoms with E-state index in [4.69, 9.17) is 23.6 Å². The molecule has 7 nitrogen and oxygen atoms in total. The van der Waals surface area contributed by atoms with Gasteiger partial charge < -0.3 is 19.1 Å². The number of hydrogen-bond donors (Lipinski definition) is 1. The van der Waals surface area contributed by atoms with Crippen LogP contribution in [0.5, 0.6) is 0 Å². The number of ether oxygens (including phenoxy) is 3. The molecule has 1 saturated heterocycles. The monoisotopic (exact) mass is 410 g/mol. The Bertz CT molecular complexity index is 380. The molecule has 0 aromatic carbocycles. The molecular weight excluding hydrogens is 371 g/mol. The average molecular weight is 410 g/mol. The van der Waals surface area contributed by atoms with Crippen molar-refractivity contribution in [3.63, 3.8) is 0 Å². The topological polar surface area (TPSA) is 83.5 Å². The molecule has 1 N–H and O–H groups in total. The van der Waals surface area contributed by atoms with Gasteiger partial charge in [-0.1, -0.05) is 52.4 Å². The van der Waals surface area contributed by atoms with Crippen LogP contribution >= 0.6 is 7.82 Å². The van der Waals surface area contributed by atoms with Crippen LogP contribution in [0.1, 0.15) is 84.5 Å². The summed E-state index contributed by atoms with van der Waals surface area (Å²) in [6.07, 6.45) is 11.1. The first-order valence-corrected chi connectivity index (χ1v) is 12.1. The first-order chi connectivity index (χ1) is 13.1. The quantitative estimate of drug-likeness (QED) is 0.190. The summed E-state index contributed by atoms with van der Waals surface area (Å²) in [5, 5.41) is 0. The van der Waals surface area contributed by atoms with Gasteiger partial charge in [-0.2, -0.15) is 0 Å². The average Bonchev–Trinajstić information content (AvgIpc) is 2.99. The highest BCUT2D eigenvalue weighted by Gasteiger charge is 2.35. The van der Waals surface area contributed by atoms with Crippen molar-refractivity contribution in [2.24, 2.45) is 0 Å². The smallest absolute Gasteiger partial charge is 0.353 e. The number of phosphoric acid groups is 1. The molecule has 1 rings (SSSR count). The lowest BCUT2D eigenvalue weighted by Crippen LogP contribution is -2.19. The number of rotatable bonds is 18. The van der Waals surface area contributed by atoms with Gasteiger partial charge >= 0.3 is 7.82 Å². The van der Waals surface area contributed by atoms with Gasteiger partial charge in [0, 0.05) is 19.8 Å². The highest BCUT2D eigenvalue weighted by atomic mass is 31.2. The molecule has 0 bridgehead atoms. The maximum atomic E-state index is 11.1. The molecule has 1 aliphatic rings. The van der Waals surface area contributed by atoms with E-state index in [0.717, 1.165) is 45.3 Å². The van der Waals surface area contributed by atoms with E-state index in [1.54, 1.807) is 0 Å². The Morgan fingerprint density at radius 1 is 0.926 bits per heavy atom. The van der Waals surface area contributed by atoms with Gasteiger partial charge in [0.25, 0.3) is 0 Å². The fourth-order valence-corrected chi connectivity index (χ4v) is 3.56. The lowest BCUT2D eigenvalue weighted by Gasteiger charge is -2.19. The summed E-state index contributed by atoms with van der Waals surface area (Å²) in [7, 11) is -3.88. The Morgan fingerprint density at radius 3 is 2.04 bits per heavy atom. The molecule has 162 valence electrons. The van der Waals surface area contributed by atoms with Crippen molar-refractivity contribution in [2.75, 3.05) is 26.4 Å². The van der Waals surface area contributed by atoms with Crippen molar-refractivity contribution >= 4 is 7.82 Å². The first-order valence-electron chi connectivity index (χ1n) is 10.6. The van der Waals surface area contributed by atoms with Crippen molar-refractivity contribution in [3.05, 3.63) is 0 Å². The zero-order valence-corrected chi connectivity index (χ0v) is 18.0. The van der Waals surface area contributed by atoms with Crippen LogP contribution in [0.3, 0.4) is 0 Å². The third kappa shape index (κ3) is 13.7. The summed E-state index contributed by atoms with van der Waals surface area (Å²) < 4.78 is 37.8. The molecule has 1 heterocycles. The molecule has 1 fully saturated rings. The van der Waals surface area contributed by atoms with Crippen LogP contribution in [-0.4, -0.2) is 43.9 Å². The minimum atomic E-state index is -3.88. The van der Waals surface area contributed by atoms with E-state index in [0.29, 0.717) is 6.61 Å².